The molecule has 0 aromatic carbocycles. The summed E-state index contributed by atoms with van der Waals surface area (Å²) in [4.78, 5) is 9.93. The fourth-order valence-corrected chi connectivity index (χ4v) is 1.10. The monoisotopic (exact) mass is 178 g/mol. The minimum Gasteiger partial charge on any atom is -0.478 e. The van der Waals surface area contributed by atoms with Gasteiger partial charge in [-0.2, -0.15) is 0 Å². The Hall–Kier alpha value is -0.680. The lowest BCUT2D eigenvalue weighted by Gasteiger charge is -1.92. The van der Waals surface area contributed by atoms with Gasteiger partial charge in [-0.15, -0.1) is 0 Å². The first-order chi connectivity index (χ1) is 5.16. The van der Waals surface area contributed by atoms with Gasteiger partial charge in [0.1, 0.15) is 0 Å². The largest absolute Gasteiger partial charge is 0.478 e. The van der Waals surface area contributed by atoms with Crippen molar-refractivity contribution in [1.29, 1.82) is 0 Å². The van der Waals surface area contributed by atoms with E-state index in [0.717, 1.165) is 11.5 Å². The maximum Gasteiger partial charge on any atom is 0.328 e. The smallest absolute Gasteiger partial charge is 0.328 e. The summed E-state index contributed by atoms with van der Waals surface area (Å²) in [6.07, 6.45) is 0.867. The standard InChI is InChI=1S/C6H10O4S/c1-10-3-5-11(9)4-2-6(7)8/h2,4H,3,5H2,1H3,(H,7,8)/b4-2+. The van der Waals surface area contributed by atoms with Crippen molar-refractivity contribution in [2.45, 2.75) is 0 Å². The van der Waals surface area contributed by atoms with Crippen LogP contribution >= 0.6 is 0 Å². The molecule has 0 spiro atoms. The maximum absolute atomic E-state index is 10.8. The number of hydrogen-bond acceptors (Lipinski definition) is 3. The molecule has 5 heteroatoms. The van der Waals surface area contributed by atoms with Gasteiger partial charge in [0, 0.05) is 29.4 Å². The van der Waals surface area contributed by atoms with E-state index in [-0.39, 0.29) is 0 Å². The summed E-state index contributed by atoms with van der Waals surface area (Å²) in [5, 5.41) is 9.28. The third-order valence-corrected chi connectivity index (χ3v) is 1.86. The van der Waals surface area contributed by atoms with Crippen LogP contribution < -0.4 is 0 Å². The first kappa shape index (κ1) is 10.3. The van der Waals surface area contributed by atoms with E-state index in [1.807, 2.05) is 0 Å². The molecule has 0 saturated carbocycles. The number of carbonyl (C=O) groups is 1. The van der Waals surface area contributed by atoms with Crippen LogP contribution in [0.5, 0.6) is 0 Å². The van der Waals surface area contributed by atoms with Gasteiger partial charge in [0.25, 0.3) is 0 Å². The van der Waals surface area contributed by atoms with Gasteiger partial charge in [-0.1, -0.05) is 0 Å². The molecule has 64 valence electrons. The maximum atomic E-state index is 10.8. The Balaban J connectivity index is 3.60. The molecule has 0 aromatic rings. The number of ether oxygens (including phenoxy) is 1. The van der Waals surface area contributed by atoms with E-state index in [1.165, 1.54) is 7.11 Å². The lowest BCUT2D eigenvalue weighted by molar-refractivity contribution is -0.131. The molecule has 4 nitrogen and oxygen atoms in total. The fourth-order valence-electron chi connectivity index (χ4n) is 0.368. The molecule has 0 rings (SSSR count). The Kier molecular flexibility index (Phi) is 5.68. The highest BCUT2D eigenvalue weighted by Crippen LogP contribution is 1.85. The Morgan fingerprint density at radius 3 is 2.82 bits per heavy atom. The number of carboxylic acids is 1. The molecule has 0 aromatic heterocycles. The number of carboxylic acid groups (broad SMARTS) is 1. The van der Waals surface area contributed by atoms with E-state index in [1.54, 1.807) is 0 Å². The molecule has 0 saturated heterocycles. The van der Waals surface area contributed by atoms with Crippen molar-refractivity contribution in [2.75, 3.05) is 19.5 Å². The predicted octanol–water partition coefficient (Wildman–Crippen LogP) is -0.0202. The summed E-state index contributed by atoms with van der Waals surface area (Å²) >= 11 is 0. The molecule has 0 aliphatic heterocycles. The summed E-state index contributed by atoms with van der Waals surface area (Å²) < 4.78 is 15.4. The van der Waals surface area contributed by atoms with Crippen molar-refractivity contribution in [1.82, 2.24) is 0 Å². The average Bonchev–Trinajstić information content (AvgIpc) is 1.97. The second-order valence-electron chi connectivity index (χ2n) is 1.72. The Morgan fingerprint density at radius 1 is 1.73 bits per heavy atom. The molecule has 1 atom stereocenters. The van der Waals surface area contributed by atoms with Gasteiger partial charge >= 0.3 is 5.97 Å². The Morgan fingerprint density at radius 2 is 2.36 bits per heavy atom. The van der Waals surface area contributed by atoms with Crippen LogP contribution in [-0.4, -0.2) is 34.8 Å². The SMILES string of the molecule is COCCS(=O)/C=C/C(=O)O. The van der Waals surface area contributed by atoms with E-state index in [4.69, 9.17) is 5.11 Å². The summed E-state index contributed by atoms with van der Waals surface area (Å²) in [6, 6.07) is 0. The molecule has 0 radical (unpaired) electrons. The van der Waals surface area contributed by atoms with Crippen molar-refractivity contribution in [3.8, 4) is 0 Å². The Bertz CT molecular complexity index is 175. The highest BCUT2D eigenvalue weighted by molar-refractivity contribution is 7.88. The first-order valence-corrected chi connectivity index (χ1v) is 4.32. The van der Waals surface area contributed by atoms with E-state index in [2.05, 4.69) is 4.74 Å². The van der Waals surface area contributed by atoms with Crippen LogP contribution in [0.3, 0.4) is 0 Å². The zero-order valence-corrected chi connectivity index (χ0v) is 6.97. The molecular weight excluding hydrogens is 168 g/mol. The van der Waals surface area contributed by atoms with E-state index in [0.29, 0.717) is 12.4 Å². The van der Waals surface area contributed by atoms with Crippen LogP contribution in [0.25, 0.3) is 0 Å². The van der Waals surface area contributed by atoms with Crippen LogP contribution in [0, 0.1) is 0 Å². The van der Waals surface area contributed by atoms with Gasteiger partial charge < -0.3 is 9.84 Å². The second-order valence-corrected chi connectivity index (χ2v) is 3.16. The third kappa shape index (κ3) is 7.21. The number of rotatable bonds is 5. The van der Waals surface area contributed by atoms with Gasteiger partial charge in [0.15, 0.2) is 0 Å². The van der Waals surface area contributed by atoms with Crippen molar-refractivity contribution >= 4 is 16.8 Å². The second kappa shape index (κ2) is 6.06. The summed E-state index contributed by atoms with van der Waals surface area (Å²) in [6.45, 7) is 0.372. The number of methoxy groups -OCH3 is 1. The van der Waals surface area contributed by atoms with Crippen LogP contribution in [0.15, 0.2) is 11.5 Å². The fraction of sp³-hybridized carbons (Fsp3) is 0.500. The highest BCUT2D eigenvalue weighted by atomic mass is 32.2. The molecule has 0 aliphatic carbocycles. The molecule has 0 bridgehead atoms. The Labute approximate surface area is 67.3 Å². The zero-order chi connectivity index (χ0) is 8.69. The molecule has 1 unspecified atom stereocenters. The van der Waals surface area contributed by atoms with Crippen molar-refractivity contribution < 1.29 is 18.8 Å². The lowest BCUT2D eigenvalue weighted by Crippen LogP contribution is -2.01. The number of aliphatic carboxylic acids is 1. The topological polar surface area (TPSA) is 63.6 Å². The summed E-state index contributed by atoms with van der Waals surface area (Å²) in [7, 11) is 0.271. The number of hydrogen-bond donors (Lipinski definition) is 1. The molecular formula is C6H10O4S. The quantitative estimate of drug-likeness (QED) is 0.601. The highest BCUT2D eigenvalue weighted by Gasteiger charge is 1.93. The normalized spacial score (nSPS) is 13.5. The summed E-state index contributed by atoms with van der Waals surface area (Å²) in [5.74, 6) is -0.754. The van der Waals surface area contributed by atoms with Crippen molar-refractivity contribution in [3.05, 3.63) is 11.5 Å². The van der Waals surface area contributed by atoms with Gasteiger partial charge in [-0.3, -0.25) is 4.21 Å². The zero-order valence-electron chi connectivity index (χ0n) is 6.15. The van der Waals surface area contributed by atoms with E-state index < -0.39 is 16.8 Å². The molecule has 0 amide bonds. The van der Waals surface area contributed by atoms with E-state index >= 15 is 0 Å². The van der Waals surface area contributed by atoms with Crippen LogP contribution in [0.4, 0.5) is 0 Å². The minimum absolute atomic E-state index is 0.334. The predicted molar refractivity (Wildman–Crippen MR) is 41.7 cm³/mol. The first-order valence-electron chi connectivity index (χ1n) is 2.94. The molecule has 0 aliphatic rings. The minimum atomic E-state index is -1.23. The van der Waals surface area contributed by atoms with Gasteiger partial charge in [0.2, 0.25) is 0 Å². The third-order valence-electron chi connectivity index (χ3n) is 0.851. The van der Waals surface area contributed by atoms with Crippen LogP contribution in [-0.2, 0) is 20.3 Å². The van der Waals surface area contributed by atoms with Gasteiger partial charge in [-0.25, -0.2) is 4.79 Å². The molecule has 0 heterocycles. The van der Waals surface area contributed by atoms with Crippen LogP contribution in [0.2, 0.25) is 0 Å². The van der Waals surface area contributed by atoms with Gasteiger partial charge in [-0.05, 0) is 0 Å². The van der Waals surface area contributed by atoms with E-state index in [9.17, 15) is 9.00 Å². The average molecular weight is 178 g/mol. The molecule has 11 heavy (non-hydrogen) atoms. The lowest BCUT2D eigenvalue weighted by atomic mass is 10.7. The summed E-state index contributed by atoms with van der Waals surface area (Å²) in [5.41, 5.74) is 0. The van der Waals surface area contributed by atoms with Crippen molar-refractivity contribution in [2.24, 2.45) is 0 Å². The van der Waals surface area contributed by atoms with Crippen LogP contribution in [0.1, 0.15) is 0 Å². The van der Waals surface area contributed by atoms with Gasteiger partial charge in [0.05, 0.1) is 12.4 Å². The van der Waals surface area contributed by atoms with Crippen molar-refractivity contribution in [3.63, 3.8) is 0 Å². The molecule has 0 fully saturated rings. The molecule has 1 N–H and O–H groups in total.